The number of nitrogens with two attached hydrogens (primary N) is 1. The molecule has 5 heteroatoms. The van der Waals surface area contributed by atoms with Crippen LogP contribution in [0.1, 0.15) is 18.2 Å². The van der Waals surface area contributed by atoms with Gasteiger partial charge in [0.2, 0.25) is 0 Å². The summed E-state index contributed by atoms with van der Waals surface area (Å²) in [6.07, 6.45) is 0.802. The lowest BCUT2D eigenvalue weighted by atomic mass is 10.1. The molecule has 0 saturated carbocycles. The third-order valence-corrected chi connectivity index (χ3v) is 3.04. The van der Waals surface area contributed by atoms with Gasteiger partial charge in [-0.3, -0.25) is 0 Å². The van der Waals surface area contributed by atoms with E-state index in [1.54, 1.807) is 18.2 Å². The second-order valence-corrected chi connectivity index (χ2v) is 4.24. The summed E-state index contributed by atoms with van der Waals surface area (Å²) in [5.74, 6) is 1.50. The van der Waals surface area contributed by atoms with Crippen LogP contribution in [0.15, 0.2) is 18.2 Å². The van der Waals surface area contributed by atoms with Crippen molar-refractivity contribution in [2.75, 3.05) is 12.8 Å². The number of hydrogen-bond donors (Lipinski definition) is 2. The summed E-state index contributed by atoms with van der Waals surface area (Å²) in [5, 5.41) is 9.58. The molecule has 0 fully saturated rings. The molecule has 0 aliphatic carbocycles. The van der Waals surface area contributed by atoms with E-state index in [0.29, 0.717) is 17.4 Å². The van der Waals surface area contributed by atoms with E-state index in [0.717, 1.165) is 23.2 Å². The first kappa shape index (κ1) is 13.1. The molecule has 0 atom stereocenters. The van der Waals surface area contributed by atoms with Crippen LogP contribution in [0.4, 0.5) is 5.82 Å². The molecule has 100 valence electrons. The van der Waals surface area contributed by atoms with Crippen molar-refractivity contribution < 1.29 is 9.84 Å². The van der Waals surface area contributed by atoms with E-state index in [-0.39, 0.29) is 5.75 Å². The van der Waals surface area contributed by atoms with Crippen molar-refractivity contribution in [2.45, 2.75) is 20.3 Å². The number of aromatic nitrogens is 2. The highest BCUT2D eigenvalue weighted by Gasteiger charge is 2.11. The number of benzene rings is 1. The zero-order valence-electron chi connectivity index (χ0n) is 11.3. The van der Waals surface area contributed by atoms with E-state index < -0.39 is 0 Å². The van der Waals surface area contributed by atoms with Gasteiger partial charge in [-0.25, -0.2) is 9.97 Å². The van der Waals surface area contributed by atoms with Crippen molar-refractivity contribution in [1.82, 2.24) is 9.97 Å². The number of phenols is 1. The zero-order valence-corrected chi connectivity index (χ0v) is 11.3. The monoisotopic (exact) mass is 259 g/mol. The molecular weight excluding hydrogens is 242 g/mol. The van der Waals surface area contributed by atoms with E-state index in [4.69, 9.17) is 10.5 Å². The van der Waals surface area contributed by atoms with Crippen LogP contribution in [0.2, 0.25) is 0 Å². The number of ether oxygens (including phenoxy) is 1. The van der Waals surface area contributed by atoms with Gasteiger partial charge in [0.15, 0.2) is 17.3 Å². The molecule has 2 rings (SSSR count). The summed E-state index contributed by atoms with van der Waals surface area (Å²) in [4.78, 5) is 8.76. The Hall–Kier alpha value is -2.30. The van der Waals surface area contributed by atoms with E-state index in [9.17, 15) is 5.11 Å². The number of aryl methyl sites for hydroxylation is 1. The van der Waals surface area contributed by atoms with Crippen molar-refractivity contribution in [1.29, 1.82) is 0 Å². The van der Waals surface area contributed by atoms with Crippen LogP contribution in [0.25, 0.3) is 11.4 Å². The van der Waals surface area contributed by atoms with E-state index >= 15 is 0 Å². The summed E-state index contributed by atoms with van der Waals surface area (Å²) in [6.45, 7) is 3.93. The van der Waals surface area contributed by atoms with Crippen LogP contribution in [-0.2, 0) is 6.42 Å². The van der Waals surface area contributed by atoms with Gasteiger partial charge in [-0.1, -0.05) is 6.92 Å². The Morgan fingerprint density at radius 3 is 2.63 bits per heavy atom. The number of rotatable bonds is 3. The molecule has 0 aliphatic rings. The summed E-state index contributed by atoms with van der Waals surface area (Å²) in [7, 11) is 1.50. The van der Waals surface area contributed by atoms with Gasteiger partial charge in [-0.2, -0.15) is 0 Å². The minimum absolute atomic E-state index is 0.0844. The average Bonchev–Trinajstić information content (AvgIpc) is 2.39. The Morgan fingerprint density at radius 1 is 1.32 bits per heavy atom. The van der Waals surface area contributed by atoms with Gasteiger partial charge in [0, 0.05) is 16.8 Å². The average molecular weight is 259 g/mol. The zero-order chi connectivity index (χ0) is 14.0. The highest BCUT2D eigenvalue weighted by molar-refractivity contribution is 5.63. The van der Waals surface area contributed by atoms with Crippen molar-refractivity contribution in [3.8, 4) is 22.9 Å². The predicted octanol–water partition coefficient (Wildman–Crippen LogP) is 2.31. The predicted molar refractivity (Wildman–Crippen MR) is 74.2 cm³/mol. The SMILES string of the molecule is CCc1c(C)nc(-c2ccc(O)c(OC)c2)nc1N. The number of methoxy groups -OCH3 is 1. The molecule has 0 spiro atoms. The second-order valence-electron chi connectivity index (χ2n) is 4.24. The van der Waals surface area contributed by atoms with Gasteiger partial charge >= 0.3 is 0 Å². The van der Waals surface area contributed by atoms with Gasteiger partial charge in [0.05, 0.1) is 7.11 Å². The van der Waals surface area contributed by atoms with Crippen molar-refractivity contribution in [3.63, 3.8) is 0 Å². The third-order valence-electron chi connectivity index (χ3n) is 3.04. The number of phenolic OH excluding ortho intramolecular Hbond substituents is 1. The van der Waals surface area contributed by atoms with Crippen LogP contribution in [-0.4, -0.2) is 22.2 Å². The first-order valence-corrected chi connectivity index (χ1v) is 6.07. The van der Waals surface area contributed by atoms with Crippen LogP contribution in [0.3, 0.4) is 0 Å². The minimum atomic E-state index is 0.0844. The smallest absolute Gasteiger partial charge is 0.161 e. The third kappa shape index (κ3) is 2.45. The van der Waals surface area contributed by atoms with Crippen molar-refractivity contribution >= 4 is 5.82 Å². The van der Waals surface area contributed by atoms with Gasteiger partial charge in [0.1, 0.15) is 5.82 Å². The topological polar surface area (TPSA) is 81.3 Å². The molecule has 0 unspecified atom stereocenters. The standard InChI is InChI=1S/C14H17N3O2/c1-4-10-8(2)16-14(17-13(10)15)9-5-6-11(18)12(7-9)19-3/h5-7,18H,4H2,1-3H3,(H2,15,16,17). The molecule has 0 saturated heterocycles. The molecule has 1 heterocycles. The van der Waals surface area contributed by atoms with Gasteiger partial charge in [-0.15, -0.1) is 0 Å². The van der Waals surface area contributed by atoms with Gasteiger partial charge < -0.3 is 15.6 Å². The normalized spacial score (nSPS) is 10.5. The largest absolute Gasteiger partial charge is 0.504 e. The summed E-state index contributed by atoms with van der Waals surface area (Å²) >= 11 is 0. The van der Waals surface area contributed by atoms with E-state index in [1.807, 2.05) is 13.8 Å². The molecule has 3 N–H and O–H groups in total. The minimum Gasteiger partial charge on any atom is -0.504 e. The molecule has 1 aromatic heterocycles. The van der Waals surface area contributed by atoms with Crippen molar-refractivity contribution in [3.05, 3.63) is 29.5 Å². The fourth-order valence-corrected chi connectivity index (χ4v) is 2.00. The van der Waals surface area contributed by atoms with Crippen molar-refractivity contribution in [2.24, 2.45) is 0 Å². The lowest BCUT2D eigenvalue weighted by Crippen LogP contribution is -2.04. The molecule has 1 aromatic carbocycles. The molecule has 0 radical (unpaired) electrons. The molecule has 19 heavy (non-hydrogen) atoms. The summed E-state index contributed by atoms with van der Waals surface area (Å²) < 4.78 is 5.08. The highest BCUT2D eigenvalue weighted by atomic mass is 16.5. The number of aromatic hydroxyl groups is 1. The fourth-order valence-electron chi connectivity index (χ4n) is 2.00. The van der Waals surface area contributed by atoms with E-state index in [1.165, 1.54) is 7.11 Å². The maximum absolute atomic E-state index is 9.58. The van der Waals surface area contributed by atoms with Crippen LogP contribution in [0.5, 0.6) is 11.5 Å². The molecule has 5 nitrogen and oxygen atoms in total. The Morgan fingerprint density at radius 2 is 2.05 bits per heavy atom. The van der Waals surface area contributed by atoms with Crippen LogP contribution >= 0.6 is 0 Å². The van der Waals surface area contributed by atoms with Gasteiger partial charge in [0.25, 0.3) is 0 Å². The number of nitrogens with zero attached hydrogens (tertiary/aromatic N) is 2. The molecule has 0 bridgehead atoms. The van der Waals surface area contributed by atoms with E-state index in [2.05, 4.69) is 9.97 Å². The number of nitrogen functional groups attached to an aromatic ring is 1. The Balaban J connectivity index is 2.53. The molecule has 2 aromatic rings. The van der Waals surface area contributed by atoms with Crippen LogP contribution in [0, 0.1) is 6.92 Å². The fraction of sp³-hybridized carbons (Fsp3) is 0.286. The number of anilines is 1. The maximum atomic E-state index is 9.58. The first-order valence-electron chi connectivity index (χ1n) is 6.07. The first-order chi connectivity index (χ1) is 9.06. The summed E-state index contributed by atoms with van der Waals surface area (Å²) in [6, 6.07) is 4.98. The maximum Gasteiger partial charge on any atom is 0.161 e. The Bertz CT molecular complexity index is 589. The Labute approximate surface area is 112 Å². The van der Waals surface area contributed by atoms with Gasteiger partial charge in [-0.05, 0) is 31.5 Å². The lowest BCUT2D eigenvalue weighted by molar-refractivity contribution is 0.373. The van der Waals surface area contributed by atoms with Crippen LogP contribution < -0.4 is 10.5 Å². The highest BCUT2D eigenvalue weighted by Crippen LogP contribution is 2.30. The molecule has 0 amide bonds. The second kappa shape index (κ2) is 5.14. The number of hydrogen-bond acceptors (Lipinski definition) is 5. The molecule has 0 aliphatic heterocycles. The summed E-state index contributed by atoms with van der Waals surface area (Å²) in [5.41, 5.74) is 8.53. The quantitative estimate of drug-likeness (QED) is 0.884. The molecular formula is C14H17N3O2. The lowest BCUT2D eigenvalue weighted by Gasteiger charge is -2.10. The Kier molecular flexibility index (Phi) is 3.55.